The van der Waals surface area contributed by atoms with Crippen molar-refractivity contribution in [3.8, 4) is 0 Å². The number of ketones is 1. The van der Waals surface area contributed by atoms with Crippen molar-refractivity contribution in [3.63, 3.8) is 0 Å². The number of amides is 3. The maximum atomic E-state index is 12.6. The van der Waals surface area contributed by atoms with E-state index in [-0.39, 0.29) is 34.2 Å². The second-order valence-corrected chi connectivity index (χ2v) is 11.4. The molecule has 3 N–H and O–H groups in total. The first-order chi connectivity index (χ1) is 19.9. The van der Waals surface area contributed by atoms with Crippen LogP contribution in [0.5, 0.6) is 0 Å². The molecule has 0 fully saturated rings. The van der Waals surface area contributed by atoms with Gasteiger partial charge in [-0.3, -0.25) is 19.2 Å². The number of rotatable bonds is 30. The van der Waals surface area contributed by atoms with Crippen LogP contribution in [0, 0.1) is 0 Å². The number of hydrogen-bond donors (Lipinski definition) is 3. The van der Waals surface area contributed by atoms with Crippen molar-refractivity contribution in [3.05, 3.63) is 0 Å². The average Bonchev–Trinajstić information content (AvgIpc) is 2.97. The van der Waals surface area contributed by atoms with Gasteiger partial charge >= 0.3 is 0 Å². The predicted octanol–water partition coefficient (Wildman–Crippen LogP) is 5.36. The van der Waals surface area contributed by atoms with E-state index in [0.29, 0.717) is 71.6 Å². The highest BCUT2D eigenvalue weighted by molar-refractivity contribution is 9.09. The Morgan fingerprint density at radius 1 is 0.585 bits per heavy atom. The van der Waals surface area contributed by atoms with Gasteiger partial charge in [-0.15, -0.1) is 0 Å². The lowest BCUT2D eigenvalue weighted by Crippen LogP contribution is -2.42. The summed E-state index contributed by atoms with van der Waals surface area (Å²) in [5.41, 5.74) is 0. The fourth-order valence-electron chi connectivity index (χ4n) is 4.27. The molecule has 0 spiro atoms. The smallest absolute Gasteiger partial charge is 0.231 e. The SMILES string of the molecule is CCCCCCCCCCCCCC(=O)NCCOCCOCCCC(=O)[C@H](CCCNC(=O)CBr)NC(=O)CBr. The molecule has 0 bridgehead atoms. The number of ether oxygens (including phenoxy) is 2. The molecule has 0 saturated heterocycles. The molecule has 3 amide bonds. The van der Waals surface area contributed by atoms with E-state index < -0.39 is 6.04 Å². The molecule has 0 rings (SSSR count). The van der Waals surface area contributed by atoms with Gasteiger partial charge in [-0.1, -0.05) is 103 Å². The van der Waals surface area contributed by atoms with Crippen molar-refractivity contribution in [1.82, 2.24) is 16.0 Å². The second kappa shape index (κ2) is 30.4. The maximum absolute atomic E-state index is 12.6. The number of unbranched alkanes of at least 4 members (excludes halogenated alkanes) is 10. The molecule has 0 radical (unpaired) electrons. The molecular weight excluding hydrogens is 658 g/mol. The molecule has 41 heavy (non-hydrogen) atoms. The minimum atomic E-state index is -0.575. The quantitative estimate of drug-likeness (QED) is 0.0682. The highest BCUT2D eigenvalue weighted by Crippen LogP contribution is 2.12. The van der Waals surface area contributed by atoms with E-state index in [1.54, 1.807) is 0 Å². The van der Waals surface area contributed by atoms with Crippen LogP contribution in [0.2, 0.25) is 0 Å². The largest absolute Gasteiger partial charge is 0.379 e. The van der Waals surface area contributed by atoms with E-state index >= 15 is 0 Å². The number of carbonyl (C=O) groups excluding carboxylic acids is 4. The Morgan fingerprint density at radius 3 is 1.76 bits per heavy atom. The topological polar surface area (TPSA) is 123 Å². The molecule has 0 aromatic heterocycles. The first-order valence-corrected chi connectivity index (χ1v) is 17.8. The van der Waals surface area contributed by atoms with E-state index in [1.165, 1.54) is 57.8 Å². The Labute approximate surface area is 265 Å². The molecule has 11 heteroatoms. The number of halogens is 2. The van der Waals surface area contributed by atoms with Gasteiger partial charge in [0.2, 0.25) is 17.7 Å². The Bertz CT molecular complexity index is 685. The third-order valence-electron chi connectivity index (χ3n) is 6.62. The van der Waals surface area contributed by atoms with Crippen LogP contribution in [0.15, 0.2) is 0 Å². The highest BCUT2D eigenvalue weighted by atomic mass is 79.9. The summed E-state index contributed by atoms with van der Waals surface area (Å²) in [5.74, 6) is -0.320. The number of nitrogens with one attached hydrogen (secondary N) is 3. The molecule has 0 aliphatic heterocycles. The molecule has 0 aromatic rings. The molecule has 240 valence electrons. The lowest BCUT2D eigenvalue weighted by atomic mass is 10.0. The van der Waals surface area contributed by atoms with E-state index in [0.717, 1.165) is 12.8 Å². The Morgan fingerprint density at radius 2 is 1.15 bits per heavy atom. The molecule has 0 aliphatic carbocycles. The van der Waals surface area contributed by atoms with Crippen LogP contribution >= 0.6 is 31.9 Å². The zero-order valence-electron chi connectivity index (χ0n) is 25.3. The fourth-order valence-corrected chi connectivity index (χ4v) is 4.63. The number of alkyl halides is 2. The minimum Gasteiger partial charge on any atom is -0.379 e. The van der Waals surface area contributed by atoms with Crippen LogP contribution in [0.25, 0.3) is 0 Å². The van der Waals surface area contributed by atoms with Crippen LogP contribution in [0.4, 0.5) is 0 Å². The van der Waals surface area contributed by atoms with Crippen molar-refractivity contribution in [2.24, 2.45) is 0 Å². The van der Waals surface area contributed by atoms with Crippen molar-refractivity contribution in [2.45, 2.75) is 116 Å². The van der Waals surface area contributed by atoms with E-state index in [2.05, 4.69) is 54.7 Å². The van der Waals surface area contributed by atoms with Crippen LogP contribution < -0.4 is 16.0 Å². The van der Waals surface area contributed by atoms with E-state index in [9.17, 15) is 19.2 Å². The average molecular weight is 714 g/mol. The van der Waals surface area contributed by atoms with Crippen LogP contribution in [-0.2, 0) is 28.7 Å². The summed E-state index contributed by atoms with van der Waals surface area (Å²) in [4.78, 5) is 47.6. The lowest BCUT2D eigenvalue weighted by Gasteiger charge is -2.17. The summed E-state index contributed by atoms with van der Waals surface area (Å²) >= 11 is 6.19. The molecule has 0 unspecified atom stereocenters. The standard InChI is InChI=1S/C30H55Br2N3O6/c1-2-3-4-5-6-7-8-9-10-11-12-17-28(37)34-19-21-41-23-22-40-20-14-16-27(36)26(35-30(39)25-32)15-13-18-33-29(38)24-31/h26H,2-25H2,1H3,(H,33,38)(H,34,37)(H,35,39)/t26-/m0/s1. The summed E-state index contributed by atoms with van der Waals surface area (Å²) in [5, 5.41) is 8.73. The Hall–Kier alpha value is -1.04. The highest BCUT2D eigenvalue weighted by Gasteiger charge is 2.19. The van der Waals surface area contributed by atoms with Gasteiger partial charge in [-0.2, -0.15) is 0 Å². The first kappa shape index (κ1) is 40.0. The summed E-state index contributed by atoms with van der Waals surface area (Å²) in [6, 6.07) is -0.575. The number of hydrogen-bond acceptors (Lipinski definition) is 6. The van der Waals surface area contributed by atoms with Crippen molar-refractivity contribution >= 4 is 55.4 Å². The Balaban J connectivity index is 3.67. The summed E-state index contributed by atoms with van der Waals surface area (Å²) < 4.78 is 11.0. The van der Waals surface area contributed by atoms with Crippen molar-refractivity contribution < 1.29 is 28.7 Å². The van der Waals surface area contributed by atoms with Gasteiger partial charge in [0.15, 0.2) is 5.78 Å². The molecule has 1 atom stereocenters. The summed E-state index contributed by atoms with van der Waals surface area (Å²) in [7, 11) is 0. The van der Waals surface area contributed by atoms with Crippen molar-refractivity contribution in [2.75, 3.05) is 50.2 Å². The van der Waals surface area contributed by atoms with E-state index in [4.69, 9.17) is 9.47 Å². The first-order valence-electron chi connectivity index (χ1n) is 15.6. The molecule has 0 heterocycles. The monoisotopic (exact) mass is 711 g/mol. The molecular formula is C30H55Br2N3O6. The zero-order chi connectivity index (χ0) is 30.4. The lowest BCUT2D eigenvalue weighted by molar-refractivity contribution is -0.127. The molecule has 0 aliphatic rings. The number of Topliss-reactive ketones (excluding diaryl/α,β-unsaturated/α-hetero) is 1. The van der Waals surface area contributed by atoms with Gasteiger partial charge in [-0.05, 0) is 25.7 Å². The number of carbonyl (C=O) groups is 4. The van der Waals surface area contributed by atoms with Crippen molar-refractivity contribution in [1.29, 1.82) is 0 Å². The molecule has 0 aromatic carbocycles. The van der Waals surface area contributed by atoms with E-state index in [1.807, 2.05) is 0 Å². The van der Waals surface area contributed by atoms with Gasteiger partial charge in [0.25, 0.3) is 0 Å². The second-order valence-electron chi connectivity index (χ2n) is 10.3. The van der Waals surface area contributed by atoms with Crippen LogP contribution in [-0.4, -0.2) is 79.7 Å². The van der Waals surface area contributed by atoms with Gasteiger partial charge in [0.05, 0.1) is 36.5 Å². The van der Waals surface area contributed by atoms with Gasteiger partial charge in [0.1, 0.15) is 0 Å². The zero-order valence-corrected chi connectivity index (χ0v) is 28.4. The van der Waals surface area contributed by atoms with Crippen LogP contribution in [0.1, 0.15) is 110 Å². The van der Waals surface area contributed by atoms with Gasteiger partial charge in [-0.25, -0.2) is 0 Å². The summed E-state index contributed by atoms with van der Waals surface area (Å²) in [6.07, 6.45) is 16.5. The normalized spacial score (nSPS) is 11.7. The predicted molar refractivity (Wildman–Crippen MR) is 172 cm³/mol. The summed E-state index contributed by atoms with van der Waals surface area (Å²) in [6.45, 7) is 4.89. The molecule has 0 saturated carbocycles. The molecule has 9 nitrogen and oxygen atoms in total. The van der Waals surface area contributed by atoms with Crippen LogP contribution in [0.3, 0.4) is 0 Å². The third kappa shape index (κ3) is 27.5. The Kier molecular flexibility index (Phi) is 29.6. The third-order valence-corrected chi connectivity index (χ3v) is 7.64. The van der Waals surface area contributed by atoms with Gasteiger partial charge in [0, 0.05) is 32.5 Å². The minimum absolute atomic E-state index is 0.0464. The van der Waals surface area contributed by atoms with Gasteiger partial charge < -0.3 is 25.4 Å². The maximum Gasteiger partial charge on any atom is 0.231 e. The fraction of sp³-hybridized carbons (Fsp3) is 0.867.